The van der Waals surface area contributed by atoms with Crippen LogP contribution in [0, 0.1) is 11.8 Å². The summed E-state index contributed by atoms with van der Waals surface area (Å²) in [4.78, 5) is 2.49. The Morgan fingerprint density at radius 2 is 1.88 bits per heavy atom. The van der Waals surface area contributed by atoms with Crippen LogP contribution in [0.4, 0.5) is 13.2 Å². The molecule has 1 aromatic carbocycles. The molecule has 0 amide bonds. The standard InChI is InChI=1S/C10H6F3N3/c11-10(12,13)9-5-3-8(4-6-9)2-1-7-15-16-14/h3-6H,7H2. The number of halogens is 3. The lowest BCUT2D eigenvalue weighted by Crippen LogP contribution is -2.04. The molecule has 0 aliphatic carbocycles. The molecule has 82 valence electrons. The lowest BCUT2D eigenvalue weighted by molar-refractivity contribution is -0.137. The van der Waals surface area contributed by atoms with Crippen molar-refractivity contribution in [3.05, 3.63) is 45.8 Å². The molecule has 3 nitrogen and oxygen atoms in total. The zero-order valence-corrected chi connectivity index (χ0v) is 7.99. The molecule has 0 saturated carbocycles. The van der Waals surface area contributed by atoms with Crippen molar-refractivity contribution in [1.82, 2.24) is 0 Å². The fourth-order valence-corrected chi connectivity index (χ4v) is 0.951. The van der Waals surface area contributed by atoms with Crippen molar-refractivity contribution in [3.63, 3.8) is 0 Å². The molecule has 0 unspecified atom stereocenters. The Bertz CT molecular complexity index is 459. The summed E-state index contributed by atoms with van der Waals surface area (Å²) < 4.78 is 36.5. The Labute approximate surface area is 89.5 Å². The van der Waals surface area contributed by atoms with Gasteiger partial charge in [0.1, 0.15) is 0 Å². The first-order chi connectivity index (χ1) is 7.54. The Morgan fingerprint density at radius 3 is 2.38 bits per heavy atom. The summed E-state index contributed by atoms with van der Waals surface area (Å²) in [5.41, 5.74) is 7.69. The third-order valence-electron chi connectivity index (χ3n) is 1.66. The van der Waals surface area contributed by atoms with Gasteiger partial charge in [-0.15, -0.1) is 0 Å². The maximum absolute atomic E-state index is 12.2. The molecule has 0 atom stereocenters. The molecule has 0 fully saturated rings. The zero-order valence-electron chi connectivity index (χ0n) is 7.99. The predicted molar refractivity (Wildman–Crippen MR) is 52.3 cm³/mol. The summed E-state index contributed by atoms with van der Waals surface area (Å²) in [6.07, 6.45) is -4.34. The number of hydrogen-bond donors (Lipinski definition) is 0. The highest BCUT2D eigenvalue weighted by Crippen LogP contribution is 2.28. The van der Waals surface area contributed by atoms with Crippen LogP contribution in [0.1, 0.15) is 11.1 Å². The monoisotopic (exact) mass is 225 g/mol. The van der Waals surface area contributed by atoms with E-state index in [4.69, 9.17) is 5.53 Å². The Morgan fingerprint density at radius 1 is 1.25 bits per heavy atom. The smallest absolute Gasteiger partial charge is 0.166 e. The van der Waals surface area contributed by atoms with Gasteiger partial charge in [0.2, 0.25) is 0 Å². The van der Waals surface area contributed by atoms with Gasteiger partial charge in [0.05, 0.1) is 12.1 Å². The van der Waals surface area contributed by atoms with E-state index in [0.29, 0.717) is 5.56 Å². The van der Waals surface area contributed by atoms with E-state index in [-0.39, 0.29) is 6.54 Å². The quantitative estimate of drug-likeness (QED) is 0.304. The fourth-order valence-electron chi connectivity index (χ4n) is 0.951. The van der Waals surface area contributed by atoms with Crippen LogP contribution in [0.25, 0.3) is 10.4 Å². The SMILES string of the molecule is [N-]=[N+]=NCC#Cc1ccc(C(F)(F)F)cc1. The predicted octanol–water partition coefficient (Wildman–Crippen LogP) is 3.37. The Balaban J connectivity index is 2.78. The minimum absolute atomic E-state index is 0.00246. The molecule has 1 rings (SSSR count). The normalized spacial score (nSPS) is 9.94. The summed E-state index contributed by atoms with van der Waals surface area (Å²) in [6.45, 7) is -0.00246. The highest BCUT2D eigenvalue weighted by atomic mass is 19.4. The van der Waals surface area contributed by atoms with E-state index in [1.165, 1.54) is 12.1 Å². The first-order valence-corrected chi connectivity index (χ1v) is 4.21. The van der Waals surface area contributed by atoms with Gasteiger partial charge in [0, 0.05) is 10.5 Å². The van der Waals surface area contributed by atoms with E-state index in [9.17, 15) is 13.2 Å². The molecular weight excluding hydrogens is 219 g/mol. The summed E-state index contributed by atoms with van der Waals surface area (Å²) in [5.74, 6) is 5.09. The number of nitrogens with zero attached hydrogens (tertiary/aromatic N) is 3. The maximum Gasteiger partial charge on any atom is 0.416 e. The number of azide groups is 1. The molecule has 0 N–H and O–H groups in total. The molecule has 0 heterocycles. The van der Waals surface area contributed by atoms with Crippen LogP contribution >= 0.6 is 0 Å². The van der Waals surface area contributed by atoms with Gasteiger partial charge in [-0.25, -0.2) is 0 Å². The molecule has 0 saturated heterocycles. The highest BCUT2D eigenvalue weighted by molar-refractivity contribution is 5.37. The second-order valence-corrected chi connectivity index (χ2v) is 2.77. The molecule has 6 heteroatoms. The number of rotatable bonds is 1. The van der Waals surface area contributed by atoms with Crippen molar-refractivity contribution in [1.29, 1.82) is 0 Å². The number of benzene rings is 1. The number of alkyl halides is 3. The van der Waals surface area contributed by atoms with Crippen molar-refractivity contribution in [3.8, 4) is 11.8 Å². The van der Waals surface area contributed by atoms with Crippen LogP contribution in [0.2, 0.25) is 0 Å². The molecule has 0 aliphatic heterocycles. The van der Waals surface area contributed by atoms with E-state index in [2.05, 4.69) is 21.9 Å². The third-order valence-corrected chi connectivity index (χ3v) is 1.66. The van der Waals surface area contributed by atoms with Crippen molar-refractivity contribution in [2.75, 3.05) is 6.54 Å². The van der Waals surface area contributed by atoms with Crippen LogP contribution in [0.5, 0.6) is 0 Å². The van der Waals surface area contributed by atoms with Crippen molar-refractivity contribution < 1.29 is 13.2 Å². The molecule has 0 spiro atoms. The molecule has 0 bridgehead atoms. The average Bonchev–Trinajstić information content (AvgIpc) is 2.24. The molecule has 16 heavy (non-hydrogen) atoms. The summed E-state index contributed by atoms with van der Waals surface area (Å²) in [5, 5.41) is 3.17. The first-order valence-electron chi connectivity index (χ1n) is 4.21. The highest BCUT2D eigenvalue weighted by Gasteiger charge is 2.29. The number of hydrogen-bond acceptors (Lipinski definition) is 1. The molecule has 0 radical (unpaired) electrons. The van der Waals surface area contributed by atoms with E-state index < -0.39 is 11.7 Å². The molecule has 0 aromatic heterocycles. The van der Waals surface area contributed by atoms with Gasteiger partial charge < -0.3 is 0 Å². The van der Waals surface area contributed by atoms with Crippen LogP contribution < -0.4 is 0 Å². The van der Waals surface area contributed by atoms with Gasteiger partial charge in [0.15, 0.2) is 0 Å². The van der Waals surface area contributed by atoms with Gasteiger partial charge >= 0.3 is 6.18 Å². The minimum Gasteiger partial charge on any atom is -0.166 e. The Kier molecular flexibility index (Phi) is 3.81. The molecule has 1 aromatic rings. The summed E-state index contributed by atoms with van der Waals surface area (Å²) >= 11 is 0. The van der Waals surface area contributed by atoms with Crippen LogP contribution in [-0.2, 0) is 6.18 Å². The lowest BCUT2D eigenvalue weighted by Gasteiger charge is -2.05. The lowest BCUT2D eigenvalue weighted by atomic mass is 10.1. The zero-order chi connectivity index (χ0) is 12.0. The van der Waals surface area contributed by atoms with E-state index in [1.54, 1.807) is 0 Å². The summed E-state index contributed by atoms with van der Waals surface area (Å²) in [6, 6.07) is 4.45. The van der Waals surface area contributed by atoms with Crippen LogP contribution in [0.15, 0.2) is 29.4 Å². The van der Waals surface area contributed by atoms with E-state index >= 15 is 0 Å². The van der Waals surface area contributed by atoms with Crippen molar-refractivity contribution >= 4 is 0 Å². The average molecular weight is 225 g/mol. The fraction of sp³-hybridized carbons (Fsp3) is 0.200. The Hall–Kier alpha value is -2.12. The molecular formula is C10H6F3N3. The maximum atomic E-state index is 12.2. The second kappa shape index (κ2) is 5.10. The van der Waals surface area contributed by atoms with E-state index in [1.807, 2.05) is 0 Å². The summed E-state index contributed by atoms with van der Waals surface area (Å²) in [7, 11) is 0. The van der Waals surface area contributed by atoms with Gasteiger partial charge in [-0.05, 0) is 29.8 Å². The van der Waals surface area contributed by atoms with Crippen LogP contribution in [-0.4, -0.2) is 6.54 Å². The van der Waals surface area contributed by atoms with Gasteiger partial charge in [-0.1, -0.05) is 17.0 Å². The third kappa shape index (κ3) is 3.56. The molecule has 0 aliphatic rings. The van der Waals surface area contributed by atoms with Crippen molar-refractivity contribution in [2.24, 2.45) is 5.11 Å². The van der Waals surface area contributed by atoms with Crippen LogP contribution in [0.3, 0.4) is 0 Å². The topological polar surface area (TPSA) is 48.8 Å². The van der Waals surface area contributed by atoms with Crippen molar-refractivity contribution in [2.45, 2.75) is 6.18 Å². The largest absolute Gasteiger partial charge is 0.416 e. The van der Waals surface area contributed by atoms with Gasteiger partial charge in [-0.2, -0.15) is 13.2 Å². The first kappa shape index (κ1) is 12.0. The van der Waals surface area contributed by atoms with Gasteiger partial charge in [0.25, 0.3) is 0 Å². The van der Waals surface area contributed by atoms with E-state index in [0.717, 1.165) is 12.1 Å². The minimum atomic E-state index is -4.34. The second-order valence-electron chi connectivity index (χ2n) is 2.77. The van der Waals surface area contributed by atoms with Gasteiger partial charge in [-0.3, -0.25) is 0 Å².